The number of non-ortho nitro benzene ring substituents is 1. The quantitative estimate of drug-likeness (QED) is 0.357. The smallest absolute Gasteiger partial charge is 0.278 e. The van der Waals surface area contributed by atoms with Crippen molar-refractivity contribution in [3.8, 4) is 11.5 Å². The second-order valence-corrected chi connectivity index (χ2v) is 7.28. The number of carbonyl (C=O) groups is 2. The Morgan fingerprint density at radius 1 is 0.969 bits per heavy atom. The molecule has 0 bridgehead atoms. The summed E-state index contributed by atoms with van der Waals surface area (Å²) in [4.78, 5) is 37.9. The molecular formula is C23H25N3O6. The molecule has 9 heteroatoms. The van der Waals surface area contributed by atoms with Gasteiger partial charge in [-0.25, -0.2) is 0 Å². The summed E-state index contributed by atoms with van der Waals surface area (Å²) in [6.45, 7) is 8.11. The summed E-state index contributed by atoms with van der Waals surface area (Å²) in [5.41, 5.74) is 1.11. The summed E-state index contributed by atoms with van der Waals surface area (Å²) >= 11 is 0. The largest absolute Gasteiger partial charge is 0.490 e. The maximum atomic E-state index is 13.1. The average Bonchev–Trinajstić information content (AvgIpc) is 2.99. The van der Waals surface area contributed by atoms with Gasteiger partial charge in [-0.3, -0.25) is 24.6 Å². The Morgan fingerprint density at radius 2 is 1.59 bits per heavy atom. The Hall–Kier alpha value is -3.88. The van der Waals surface area contributed by atoms with Crippen LogP contribution in [0, 0.1) is 10.1 Å². The number of imide groups is 1. The topological polar surface area (TPSA) is 111 Å². The molecule has 168 valence electrons. The van der Waals surface area contributed by atoms with E-state index in [1.165, 1.54) is 24.3 Å². The number of nitro groups is 1. The first-order valence-corrected chi connectivity index (χ1v) is 10.3. The Balaban J connectivity index is 2.06. The van der Waals surface area contributed by atoms with Crippen LogP contribution in [-0.2, 0) is 9.59 Å². The van der Waals surface area contributed by atoms with E-state index in [0.717, 1.165) is 4.90 Å². The Labute approximate surface area is 185 Å². The molecule has 2 amide bonds. The van der Waals surface area contributed by atoms with E-state index in [0.29, 0.717) is 36.0 Å². The van der Waals surface area contributed by atoms with Gasteiger partial charge in [0.2, 0.25) is 0 Å². The van der Waals surface area contributed by atoms with Crippen molar-refractivity contribution in [2.75, 3.05) is 18.5 Å². The Bertz CT molecular complexity index is 1080. The monoisotopic (exact) mass is 439 g/mol. The first-order valence-electron chi connectivity index (χ1n) is 10.3. The van der Waals surface area contributed by atoms with Crippen molar-refractivity contribution in [1.29, 1.82) is 0 Å². The van der Waals surface area contributed by atoms with Crippen LogP contribution in [0.2, 0.25) is 0 Å². The van der Waals surface area contributed by atoms with Crippen molar-refractivity contribution >= 4 is 28.8 Å². The van der Waals surface area contributed by atoms with E-state index in [2.05, 4.69) is 5.32 Å². The zero-order valence-corrected chi connectivity index (χ0v) is 18.4. The predicted octanol–water partition coefficient (Wildman–Crippen LogP) is 3.99. The Morgan fingerprint density at radius 3 is 2.16 bits per heavy atom. The highest BCUT2D eigenvalue weighted by Gasteiger charge is 2.40. The summed E-state index contributed by atoms with van der Waals surface area (Å²) < 4.78 is 11.2. The molecule has 0 atom stereocenters. The molecule has 0 fully saturated rings. The molecule has 3 rings (SSSR count). The lowest BCUT2D eigenvalue weighted by Crippen LogP contribution is -2.38. The highest BCUT2D eigenvalue weighted by atomic mass is 16.6. The second-order valence-electron chi connectivity index (χ2n) is 7.28. The number of hydrogen-bond donors (Lipinski definition) is 1. The van der Waals surface area contributed by atoms with Crippen molar-refractivity contribution in [1.82, 2.24) is 4.90 Å². The molecule has 0 saturated carbocycles. The number of nitro benzene ring substituents is 1. The first kappa shape index (κ1) is 22.8. The lowest BCUT2D eigenvalue weighted by molar-refractivity contribution is -0.384. The average molecular weight is 439 g/mol. The van der Waals surface area contributed by atoms with Crippen LogP contribution in [-0.4, -0.2) is 40.9 Å². The third-order valence-corrected chi connectivity index (χ3v) is 4.81. The van der Waals surface area contributed by atoms with Gasteiger partial charge in [0.15, 0.2) is 11.5 Å². The van der Waals surface area contributed by atoms with Crippen molar-refractivity contribution in [2.24, 2.45) is 0 Å². The van der Waals surface area contributed by atoms with Gasteiger partial charge in [-0.05, 0) is 57.5 Å². The summed E-state index contributed by atoms with van der Waals surface area (Å²) in [7, 11) is 0. The number of rotatable bonds is 9. The van der Waals surface area contributed by atoms with E-state index in [1.807, 2.05) is 13.8 Å². The van der Waals surface area contributed by atoms with Crippen molar-refractivity contribution in [2.45, 2.75) is 33.7 Å². The van der Waals surface area contributed by atoms with Gasteiger partial charge in [0.1, 0.15) is 5.70 Å². The van der Waals surface area contributed by atoms with Gasteiger partial charge < -0.3 is 14.8 Å². The number of anilines is 1. The van der Waals surface area contributed by atoms with Gasteiger partial charge in [0.25, 0.3) is 17.5 Å². The number of benzene rings is 2. The molecule has 2 aromatic rings. The highest BCUT2D eigenvalue weighted by molar-refractivity contribution is 6.36. The summed E-state index contributed by atoms with van der Waals surface area (Å²) in [5.74, 6) is 0.152. The normalized spacial score (nSPS) is 13.7. The molecule has 9 nitrogen and oxygen atoms in total. The minimum Gasteiger partial charge on any atom is -0.490 e. The summed E-state index contributed by atoms with van der Waals surface area (Å²) in [5, 5.41) is 14.0. The van der Waals surface area contributed by atoms with E-state index in [9.17, 15) is 19.7 Å². The number of hydrogen-bond acceptors (Lipinski definition) is 7. The maximum Gasteiger partial charge on any atom is 0.278 e. The molecule has 1 N–H and O–H groups in total. The van der Waals surface area contributed by atoms with Crippen LogP contribution in [0.25, 0.3) is 5.57 Å². The number of amides is 2. The molecule has 0 aromatic heterocycles. The number of carbonyl (C=O) groups excluding carboxylic acids is 2. The van der Waals surface area contributed by atoms with Crippen molar-refractivity contribution < 1.29 is 24.0 Å². The molecule has 0 spiro atoms. The van der Waals surface area contributed by atoms with Gasteiger partial charge in [-0.15, -0.1) is 0 Å². The minimum absolute atomic E-state index is 0.101. The van der Waals surface area contributed by atoms with Gasteiger partial charge in [-0.2, -0.15) is 0 Å². The van der Waals surface area contributed by atoms with Crippen LogP contribution in [0.3, 0.4) is 0 Å². The van der Waals surface area contributed by atoms with Crippen LogP contribution < -0.4 is 14.8 Å². The number of nitrogens with zero attached hydrogens (tertiary/aromatic N) is 2. The molecule has 1 heterocycles. The molecule has 0 radical (unpaired) electrons. The van der Waals surface area contributed by atoms with Crippen LogP contribution in [0.15, 0.2) is 48.2 Å². The molecule has 1 aliphatic heterocycles. The van der Waals surface area contributed by atoms with Crippen LogP contribution in [0.5, 0.6) is 11.5 Å². The van der Waals surface area contributed by atoms with Crippen LogP contribution >= 0.6 is 0 Å². The Kier molecular flexibility index (Phi) is 6.77. The molecule has 0 unspecified atom stereocenters. The molecule has 0 aliphatic carbocycles. The number of ether oxygens (including phenoxy) is 2. The van der Waals surface area contributed by atoms with Gasteiger partial charge in [0.05, 0.1) is 23.7 Å². The molecular weight excluding hydrogens is 414 g/mol. The lowest BCUT2D eigenvalue weighted by atomic mass is 10.0. The summed E-state index contributed by atoms with van der Waals surface area (Å²) in [6.07, 6.45) is 0. The fourth-order valence-electron chi connectivity index (χ4n) is 3.42. The third-order valence-electron chi connectivity index (χ3n) is 4.81. The predicted molar refractivity (Wildman–Crippen MR) is 119 cm³/mol. The van der Waals surface area contributed by atoms with E-state index < -0.39 is 16.7 Å². The second kappa shape index (κ2) is 9.51. The van der Waals surface area contributed by atoms with Crippen LogP contribution in [0.4, 0.5) is 11.4 Å². The van der Waals surface area contributed by atoms with Gasteiger partial charge >= 0.3 is 0 Å². The highest BCUT2D eigenvalue weighted by Crippen LogP contribution is 2.35. The first-order chi connectivity index (χ1) is 15.3. The third kappa shape index (κ3) is 4.41. The molecule has 0 saturated heterocycles. The van der Waals surface area contributed by atoms with Crippen molar-refractivity contribution in [3.63, 3.8) is 0 Å². The van der Waals surface area contributed by atoms with Gasteiger partial charge in [0, 0.05) is 29.9 Å². The summed E-state index contributed by atoms with van der Waals surface area (Å²) in [6, 6.07) is 10.3. The lowest BCUT2D eigenvalue weighted by Gasteiger charge is -2.19. The number of nitrogens with one attached hydrogen (secondary N) is 1. The molecule has 32 heavy (non-hydrogen) atoms. The fourth-order valence-corrected chi connectivity index (χ4v) is 3.42. The zero-order chi connectivity index (χ0) is 23.4. The minimum atomic E-state index is -0.519. The van der Waals surface area contributed by atoms with E-state index in [-0.39, 0.29) is 23.0 Å². The van der Waals surface area contributed by atoms with E-state index in [1.54, 1.807) is 32.0 Å². The fraction of sp³-hybridized carbons (Fsp3) is 0.304. The molecule has 1 aliphatic rings. The SMILES string of the molecule is CCOc1ccc(NC2=C(c3ccc([N+](=O)[O-])cc3)C(=O)N(C(C)C)C2=O)cc1OCC. The van der Waals surface area contributed by atoms with E-state index in [4.69, 9.17) is 9.47 Å². The van der Waals surface area contributed by atoms with Gasteiger partial charge in [-0.1, -0.05) is 0 Å². The van der Waals surface area contributed by atoms with Crippen molar-refractivity contribution in [3.05, 3.63) is 63.8 Å². The maximum absolute atomic E-state index is 13.1. The standard InChI is InChI=1S/C23H25N3O6/c1-5-31-18-12-9-16(13-19(18)32-6-2)24-21-20(22(27)25(14(3)4)23(21)28)15-7-10-17(11-8-15)26(29)30/h7-14,24H,5-6H2,1-4H3. The van der Waals surface area contributed by atoms with Crippen LogP contribution in [0.1, 0.15) is 33.3 Å². The molecule has 2 aromatic carbocycles. The van der Waals surface area contributed by atoms with E-state index >= 15 is 0 Å². The zero-order valence-electron chi connectivity index (χ0n) is 18.4.